The van der Waals surface area contributed by atoms with Gasteiger partial charge in [0.25, 0.3) is 0 Å². The van der Waals surface area contributed by atoms with Crippen LogP contribution in [-0.4, -0.2) is 11.1 Å². The van der Waals surface area contributed by atoms with E-state index in [1.54, 1.807) is 13.8 Å². The molecule has 0 atom stereocenters. The Hall–Kier alpha value is -1.31. The molecule has 0 saturated carbocycles. The Morgan fingerprint density at radius 3 is 2.00 bits per heavy atom. The minimum atomic E-state index is -0.810. The number of rotatable bonds is 3. The van der Waals surface area contributed by atoms with E-state index in [1.807, 2.05) is 24.3 Å². The van der Waals surface area contributed by atoms with Crippen LogP contribution in [-0.2, 0) is 10.2 Å². The third kappa shape index (κ3) is 2.38. The third-order valence-corrected chi connectivity index (χ3v) is 2.83. The molecule has 0 saturated heterocycles. The lowest BCUT2D eigenvalue weighted by atomic mass is 9.84. The van der Waals surface area contributed by atoms with Crippen LogP contribution in [0.2, 0.25) is 0 Å². The lowest BCUT2D eigenvalue weighted by Crippen LogP contribution is -2.28. The van der Waals surface area contributed by atoms with Gasteiger partial charge in [0.2, 0.25) is 0 Å². The second kappa shape index (κ2) is 4.05. The molecule has 0 aromatic heterocycles. The highest BCUT2D eigenvalue weighted by Crippen LogP contribution is 2.25. The summed E-state index contributed by atoms with van der Waals surface area (Å²) in [5, 5.41) is 9.07. The second-order valence-corrected chi connectivity index (χ2v) is 4.71. The maximum Gasteiger partial charge on any atom is 0.313 e. The van der Waals surface area contributed by atoms with Gasteiger partial charge in [-0.05, 0) is 30.9 Å². The molecule has 1 N–H and O–H groups in total. The van der Waals surface area contributed by atoms with Gasteiger partial charge in [0.1, 0.15) is 0 Å². The van der Waals surface area contributed by atoms with Gasteiger partial charge >= 0.3 is 5.97 Å². The summed E-state index contributed by atoms with van der Waals surface area (Å²) >= 11 is 0. The maximum atomic E-state index is 11.0. The fraction of sp³-hybridized carbons (Fsp3) is 0.462. The minimum absolute atomic E-state index is 0.479. The van der Waals surface area contributed by atoms with Crippen molar-refractivity contribution in [2.75, 3.05) is 0 Å². The summed E-state index contributed by atoms with van der Waals surface area (Å²) in [6.45, 7) is 7.69. The summed E-state index contributed by atoms with van der Waals surface area (Å²) in [5.41, 5.74) is 1.27. The quantitative estimate of drug-likeness (QED) is 0.824. The van der Waals surface area contributed by atoms with E-state index in [0.29, 0.717) is 5.92 Å². The highest BCUT2D eigenvalue weighted by atomic mass is 16.4. The summed E-state index contributed by atoms with van der Waals surface area (Å²) in [4.78, 5) is 11.0. The first-order valence-corrected chi connectivity index (χ1v) is 5.19. The van der Waals surface area contributed by atoms with Gasteiger partial charge in [-0.2, -0.15) is 0 Å². The van der Waals surface area contributed by atoms with Crippen LogP contribution >= 0.6 is 0 Å². The monoisotopic (exact) mass is 206 g/mol. The molecule has 2 heteroatoms. The predicted molar refractivity (Wildman–Crippen MR) is 61.2 cm³/mol. The lowest BCUT2D eigenvalue weighted by molar-refractivity contribution is -0.142. The number of hydrogen-bond donors (Lipinski definition) is 1. The minimum Gasteiger partial charge on any atom is -0.481 e. The molecule has 15 heavy (non-hydrogen) atoms. The van der Waals surface area contributed by atoms with Gasteiger partial charge in [-0.15, -0.1) is 0 Å². The van der Waals surface area contributed by atoms with Crippen molar-refractivity contribution in [3.8, 4) is 0 Å². The number of benzene rings is 1. The molecule has 1 rings (SSSR count). The average Bonchev–Trinajstić information content (AvgIpc) is 2.17. The highest BCUT2D eigenvalue weighted by Gasteiger charge is 2.29. The fourth-order valence-electron chi connectivity index (χ4n) is 1.41. The molecule has 82 valence electrons. The molecule has 0 fully saturated rings. The Balaban J connectivity index is 3.04. The Morgan fingerprint density at radius 2 is 1.67 bits per heavy atom. The van der Waals surface area contributed by atoms with Crippen molar-refractivity contribution in [2.45, 2.75) is 39.0 Å². The van der Waals surface area contributed by atoms with Crippen LogP contribution in [0.25, 0.3) is 0 Å². The molecule has 0 aliphatic carbocycles. The van der Waals surface area contributed by atoms with Gasteiger partial charge in [0, 0.05) is 0 Å². The van der Waals surface area contributed by atoms with E-state index in [2.05, 4.69) is 13.8 Å². The van der Waals surface area contributed by atoms with E-state index in [1.165, 1.54) is 5.56 Å². The molecule has 0 aliphatic heterocycles. The zero-order valence-electron chi connectivity index (χ0n) is 9.74. The number of carboxylic acid groups (broad SMARTS) is 1. The molecule has 1 aromatic carbocycles. The largest absolute Gasteiger partial charge is 0.481 e. The molecule has 0 aliphatic rings. The molecule has 0 unspecified atom stereocenters. The topological polar surface area (TPSA) is 37.3 Å². The zero-order valence-corrected chi connectivity index (χ0v) is 9.74. The predicted octanol–water partition coefficient (Wildman–Crippen LogP) is 3.17. The fourth-order valence-corrected chi connectivity index (χ4v) is 1.41. The molecule has 1 aromatic rings. The Labute approximate surface area is 90.9 Å². The summed E-state index contributed by atoms with van der Waals surface area (Å²) in [6.07, 6.45) is 0. The smallest absolute Gasteiger partial charge is 0.313 e. The Bertz CT molecular complexity index is 347. The molecule has 0 amide bonds. The molecular formula is C13H18O2. The van der Waals surface area contributed by atoms with Crippen molar-refractivity contribution in [1.29, 1.82) is 0 Å². The lowest BCUT2D eigenvalue weighted by Gasteiger charge is -2.20. The van der Waals surface area contributed by atoms with Crippen LogP contribution in [0.1, 0.15) is 44.7 Å². The van der Waals surface area contributed by atoms with Crippen LogP contribution in [0.15, 0.2) is 24.3 Å². The molecule has 0 heterocycles. The molecule has 0 spiro atoms. The van der Waals surface area contributed by atoms with Gasteiger partial charge in [-0.3, -0.25) is 4.79 Å². The molecular weight excluding hydrogens is 188 g/mol. The van der Waals surface area contributed by atoms with Gasteiger partial charge in [0.15, 0.2) is 0 Å². The van der Waals surface area contributed by atoms with E-state index < -0.39 is 11.4 Å². The summed E-state index contributed by atoms with van der Waals surface area (Å²) in [6, 6.07) is 7.82. The van der Waals surface area contributed by atoms with Crippen LogP contribution < -0.4 is 0 Å². The van der Waals surface area contributed by atoms with Crippen LogP contribution in [0.5, 0.6) is 0 Å². The Morgan fingerprint density at radius 1 is 1.20 bits per heavy atom. The summed E-state index contributed by atoms with van der Waals surface area (Å²) in [5.74, 6) is -0.313. The van der Waals surface area contributed by atoms with Crippen molar-refractivity contribution >= 4 is 5.97 Å². The van der Waals surface area contributed by atoms with E-state index in [0.717, 1.165) is 5.56 Å². The summed E-state index contributed by atoms with van der Waals surface area (Å²) < 4.78 is 0. The first-order valence-electron chi connectivity index (χ1n) is 5.19. The van der Waals surface area contributed by atoms with Crippen LogP contribution in [0.3, 0.4) is 0 Å². The Kier molecular flexibility index (Phi) is 3.18. The molecule has 2 nitrogen and oxygen atoms in total. The molecule has 0 radical (unpaired) electrons. The number of carboxylic acids is 1. The standard InChI is InChI=1S/C13H18O2/c1-9(2)10-5-7-11(8-6-10)13(3,4)12(14)15/h5-9H,1-4H3,(H,14,15). The van der Waals surface area contributed by atoms with Crippen molar-refractivity contribution in [2.24, 2.45) is 0 Å². The van der Waals surface area contributed by atoms with Gasteiger partial charge < -0.3 is 5.11 Å². The van der Waals surface area contributed by atoms with E-state index in [4.69, 9.17) is 5.11 Å². The van der Waals surface area contributed by atoms with Crippen molar-refractivity contribution in [1.82, 2.24) is 0 Å². The van der Waals surface area contributed by atoms with Gasteiger partial charge in [0.05, 0.1) is 5.41 Å². The first kappa shape index (κ1) is 11.8. The zero-order chi connectivity index (χ0) is 11.6. The number of aliphatic carboxylic acids is 1. The van der Waals surface area contributed by atoms with Crippen molar-refractivity contribution in [3.63, 3.8) is 0 Å². The van der Waals surface area contributed by atoms with Crippen molar-refractivity contribution in [3.05, 3.63) is 35.4 Å². The van der Waals surface area contributed by atoms with E-state index >= 15 is 0 Å². The number of carbonyl (C=O) groups is 1. The third-order valence-electron chi connectivity index (χ3n) is 2.83. The van der Waals surface area contributed by atoms with Gasteiger partial charge in [-0.1, -0.05) is 38.1 Å². The number of hydrogen-bond acceptors (Lipinski definition) is 1. The molecule has 0 bridgehead atoms. The van der Waals surface area contributed by atoms with E-state index in [9.17, 15) is 4.79 Å². The highest BCUT2D eigenvalue weighted by molar-refractivity contribution is 5.80. The first-order chi connectivity index (χ1) is 6.85. The van der Waals surface area contributed by atoms with Crippen LogP contribution in [0, 0.1) is 0 Å². The van der Waals surface area contributed by atoms with Crippen LogP contribution in [0.4, 0.5) is 0 Å². The average molecular weight is 206 g/mol. The normalized spacial score (nSPS) is 11.8. The van der Waals surface area contributed by atoms with Gasteiger partial charge in [-0.25, -0.2) is 0 Å². The second-order valence-electron chi connectivity index (χ2n) is 4.71. The SMILES string of the molecule is CC(C)c1ccc(C(C)(C)C(=O)O)cc1. The summed E-state index contributed by atoms with van der Waals surface area (Å²) in [7, 11) is 0. The van der Waals surface area contributed by atoms with Crippen molar-refractivity contribution < 1.29 is 9.90 Å². The van der Waals surface area contributed by atoms with E-state index in [-0.39, 0.29) is 0 Å². The maximum absolute atomic E-state index is 11.0.